The summed E-state index contributed by atoms with van der Waals surface area (Å²) in [6, 6.07) is 2.72. The van der Waals surface area contributed by atoms with Gasteiger partial charge in [-0.15, -0.1) is 0 Å². The molecule has 0 aliphatic carbocycles. The van der Waals surface area contributed by atoms with Crippen molar-refractivity contribution in [2.45, 2.75) is 25.8 Å². The maximum Gasteiger partial charge on any atom is 0.145 e. The molecule has 0 spiro atoms. The number of halogens is 2. The highest BCUT2D eigenvalue weighted by Gasteiger charge is 2.15. The molecular weight excluding hydrogens is 205 g/mol. The zero-order valence-electron chi connectivity index (χ0n) is 8.14. The summed E-state index contributed by atoms with van der Waals surface area (Å²) >= 11 is 5.46. The number of rotatable bonds is 2. The van der Waals surface area contributed by atoms with Crippen molar-refractivity contribution in [2.24, 2.45) is 5.73 Å². The molecule has 0 aromatic heterocycles. The molecule has 0 bridgehead atoms. The van der Waals surface area contributed by atoms with E-state index >= 15 is 0 Å². The average molecular weight is 218 g/mol. The van der Waals surface area contributed by atoms with Crippen LogP contribution in [0.15, 0.2) is 12.1 Å². The first-order valence-corrected chi connectivity index (χ1v) is 4.63. The van der Waals surface area contributed by atoms with E-state index < -0.39 is 11.4 Å². The van der Waals surface area contributed by atoms with Crippen LogP contribution in [0.3, 0.4) is 0 Å². The van der Waals surface area contributed by atoms with Gasteiger partial charge in [-0.3, -0.25) is 0 Å². The second-order valence-corrected chi connectivity index (χ2v) is 4.45. The van der Waals surface area contributed by atoms with Crippen LogP contribution in [0.4, 0.5) is 4.39 Å². The Morgan fingerprint density at radius 2 is 2.07 bits per heavy atom. The summed E-state index contributed by atoms with van der Waals surface area (Å²) in [5.41, 5.74) is 5.97. The number of nitrogens with two attached hydrogens (primary N) is 1. The maximum atomic E-state index is 13.1. The minimum Gasteiger partial charge on any atom is -0.506 e. The van der Waals surface area contributed by atoms with Crippen LogP contribution in [-0.4, -0.2) is 10.6 Å². The van der Waals surface area contributed by atoms with Crippen molar-refractivity contribution < 1.29 is 9.50 Å². The summed E-state index contributed by atoms with van der Waals surface area (Å²) in [5, 5.41) is 9.02. The molecule has 1 rings (SSSR count). The number of phenolic OH excluding ortho intramolecular Hbond substituents is 1. The monoisotopic (exact) mass is 217 g/mol. The first-order chi connectivity index (χ1) is 6.29. The number of hydrogen-bond donors (Lipinski definition) is 2. The molecule has 0 heterocycles. The second-order valence-electron chi connectivity index (χ2n) is 4.08. The highest BCUT2D eigenvalue weighted by atomic mass is 35.5. The van der Waals surface area contributed by atoms with Gasteiger partial charge < -0.3 is 10.8 Å². The Kier molecular flexibility index (Phi) is 3.02. The van der Waals surface area contributed by atoms with Gasteiger partial charge in [0, 0.05) is 5.54 Å². The molecule has 0 saturated carbocycles. The third kappa shape index (κ3) is 2.86. The predicted molar refractivity (Wildman–Crippen MR) is 55.0 cm³/mol. The van der Waals surface area contributed by atoms with Crippen molar-refractivity contribution in [2.75, 3.05) is 0 Å². The second kappa shape index (κ2) is 3.75. The average Bonchev–Trinajstić information content (AvgIpc) is 1.96. The van der Waals surface area contributed by atoms with Gasteiger partial charge in [-0.1, -0.05) is 11.6 Å². The molecule has 14 heavy (non-hydrogen) atoms. The molecule has 1 aromatic rings. The van der Waals surface area contributed by atoms with Gasteiger partial charge in [-0.25, -0.2) is 4.39 Å². The minimum absolute atomic E-state index is 0.245. The normalized spacial score (nSPS) is 11.8. The van der Waals surface area contributed by atoms with Crippen molar-refractivity contribution in [1.29, 1.82) is 0 Å². The Bertz CT molecular complexity index is 323. The van der Waals surface area contributed by atoms with Gasteiger partial charge in [-0.2, -0.15) is 0 Å². The molecule has 1 aromatic carbocycles. The Labute approximate surface area is 87.5 Å². The third-order valence-electron chi connectivity index (χ3n) is 1.73. The lowest BCUT2D eigenvalue weighted by Gasteiger charge is -2.18. The first kappa shape index (κ1) is 11.3. The van der Waals surface area contributed by atoms with Gasteiger partial charge in [0.15, 0.2) is 0 Å². The van der Waals surface area contributed by atoms with Crippen LogP contribution in [0.5, 0.6) is 5.75 Å². The summed E-state index contributed by atoms with van der Waals surface area (Å²) < 4.78 is 13.1. The van der Waals surface area contributed by atoms with Gasteiger partial charge in [0.1, 0.15) is 16.6 Å². The molecule has 0 atom stereocenters. The number of aromatic hydroxyl groups is 1. The summed E-state index contributed by atoms with van der Waals surface area (Å²) in [5.74, 6) is -0.864. The Morgan fingerprint density at radius 3 is 2.50 bits per heavy atom. The van der Waals surface area contributed by atoms with Crippen LogP contribution in [0.25, 0.3) is 0 Å². The smallest absolute Gasteiger partial charge is 0.145 e. The molecule has 0 amide bonds. The zero-order chi connectivity index (χ0) is 10.9. The lowest BCUT2D eigenvalue weighted by molar-refractivity contribution is 0.464. The van der Waals surface area contributed by atoms with Crippen molar-refractivity contribution >= 4 is 11.6 Å². The highest BCUT2D eigenvalue weighted by Crippen LogP contribution is 2.28. The van der Waals surface area contributed by atoms with Crippen molar-refractivity contribution in [3.8, 4) is 5.75 Å². The minimum atomic E-state index is -0.620. The molecule has 0 radical (unpaired) electrons. The Balaban J connectivity index is 3.02. The van der Waals surface area contributed by atoms with E-state index in [-0.39, 0.29) is 10.8 Å². The SMILES string of the molecule is CC(C)(N)Cc1cc(O)c(Cl)c(F)c1. The van der Waals surface area contributed by atoms with Crippen LogP contribution in [0.2, 0.25) is 5.02 Å². The van der Waals surface area contributed by atoms with E-state index in [1.165, 1.54) is 12.1 Å². The van der Waals surface area contributed by atoms with Crippen molar-refractivity contribution in [1.82, 2.24) is 0 Å². The third-order valence-corrected chi connectivity index (χ3v) is 2.10. The molecule has 2 nitrogen and oxygen atoms in total. The van der Waals surface area contributed by atoms with Crippen LogP contribution >= 0.6 is 11.6 Å². The quantitative estimate of drug-likeness (QED) is 0.800. The molecule has 78 valence electrons. The highest BCUT2D eigenvalue weighted by molar-refractivity contribution is 6.32. The van der Waals surface area contributed by atoms with E-state index in [1.54, 1.807) is 0 Å². The Hall–Kier alpha value is -0.800. The summed E-state index contributed by atoms with van der Waals surface area (Å²) in [4.78, 5) is 0. The predicted octanol–water partition coefficient (Wildman–Crippen LogP) is 2.46. The topological polar surface area (TPSA) is 46.2 Å². The van der Waals surface area contributed by atoms with Gasteiger partial charge in [-0.05, 0) is 38.0 Å². The molecule has 0 unspecified atom stereocenters. The summed E-state index contributed by atoms with van der Waals surface area (Å²) in [6.07, 6.45) is 0.481. The number of hydrogen-bond acceptors (Lipinski definition) is 2. The number of benzene rings is 1. The molecule has 3 N–H and O–H groups in total. The van der Waals surface area contributed by atoms with E-state index in [4.69, 9.17) is 17.3 Å². The number of phenols is 1. The molecule has 4 heteroatoms. The maximum absolute atomic E-state index is 13.1. The van der Waals surface area contributed by atoms with E-state index in [0.29, 0.717) is 12.0 Å². The van der Waals surface area contributed by atoms with Crippen LogP contribution in [-0.2, 0) is 6.42 Å². The summed E-state index contributed by atoms with van der Waals surface area (Å²) in [6.45, 7) is 3.66. The molecule has 0 saturated heterocycles. The van der Waals surface area contributed by atoms with Crippen LogP contribution in [0, 0.1) is 5.82 Å². The molecular formula is C10H13ClFNO. The van der Waals surface area contributed by atoms with Crippen LogP contribution < -0.4 is 5.73 Å². The fraction of sp³-hybridized carbons (Fsp3) is 0.400. The lowest BCUT2D eigenvalue weighted by Crippen LogP contribution is -2.34. The van der Waals surface area contributed by atoms with Gasteiger partial charge in [0.2, 0.25) is 0 Å². The lowest BCUT2D eigenvalue weighted by atomic mass is 9.96. The van der Waals surface area contributed by atoms with E-state index in [2.05, 4.69) is 0 Å². The summed E-state index contributed by atoms with van der Waals surface area (Å²) in [7, 11) is 0. The van der Waals surface area contributed by atoms with Crippen molar-refractivity contribution in [3.63, 3.8) is 0 Å². The Morgan fingerprint density at radius 1 is 1.50 bits per heavy atom. The molecule has 0 aliphatic rings. The largest absolute Gasteiger partial charge is 0.506 e. The zero-order valence-corrected chi connectivity index (χ0v) is 8.90. The van der Waals surface area contributed by atoms with E-state index in [9.17, 15) is 9.50 Å². The first-order valence-electron chi connectivity index (χ1n) is 4.25. The van der Waals surface area contributed by atoms with E-state index in [1.807, 2.05) is 13.8 Å². The fourth-order valence-electron chi connectivity index (χ4n) is 1.26. The van der Waals surface area contributed by atoms with Crippen molar-refractivity contribution in [3.05, 3.63) is 28.5 Å². The molecule has 0 fully saturated rings. The van der Waals surface area contributed by atoms with Crippen LogP contribution in [0.1, 0.15) is 19.4 Å². The van der Waals surface area contributed by atoms with Gasteiger partial charge in [0.25, 0.3) is 0 Å². The fourth-order valence-corrected chi connectivity index (χ4v) is 1.37. The molecule has 0 aliphatic heterocycles. The standard InChI is InChI=1S/C10H13ClFNO/c1-10(2,13)5-6-3-7(12)9(11)8(14)4-6/h3-4,14H,5,13H2,1-2H3. The van der Waals surface area contributed by atoms with E-state index in [0.717, 1.165) is 0 Å². The van der Waals surface area contributed by atoms with Gasteiger partial charge >= 0.3 is 0 Å². The van der Waals surface area contributed by atoms with Gasteiger partial charge in [0.05, 0.1) is 0 Å².